The first-order chi connectivity index (χ1) is 9.36. The minimum atomic E-state index is -1.33. The Labute approximate surface area is 124 Å². The first kappa shape index (κ1) is 16.6. The number of aliphatic hydroxyl groups excluding tert-OH is 2. The lowest BCUT2D eigenvalue weighted by atomic mass is 11.0. The number of non-ortho nitro benzene ring substituents is 1. The molecule has 0 aliphatic carbocycles. The van der Waals surface area contributed by atoms with Crippen molar-refractivity contribution in [2.75, 3.05) is 6.61 Å². The van der Waals surface area contributed by atoms with Crippen LogP contribution in [0.5, 0.6) is 0 Å². The van der Waals surface area contributed by atoms with E-state index in [1.54, 1.807) is 0 Å². The van der Waals surface area contributed by atoms with Gasteiger partial charge in [-0.3, -0.25) is 14.9 Å². The summed E-state index contributed by atoms with van der Waals surface area (Å²) in [4.78, 5) is 19.9. The summed E-state index contributed by atoms with van der Waals surface area (Å²) < 4.78 is 0. The molecule has 0 spiro atoms. The first-order valence-corrected chi connectivity index (χ1v) is 6.36. The van der Waals surface area contributed by atoms with Crippen LogP contribution in [0.15, 0.2) is 24.3 Å². The maximum Gasteiger partial charge on any atom is 0.269 e. The fourth-order valence-corrected chi connectivity index (χ4v) is 1.62. The van der Waals surface area contributed by atoms with Crippen LogP contribution < -0.4 is 5.32 Å². The number of aliphatic hydroxyl groups is 2. The van der Waals surface area contributed by atoms with E-state index in [9.17, 15) is 20.0 Å². The zero-order valence-corrected chi connectivity index (χ0v) is 11.6. The zero-order chi connectivity index (χ0) is 15.3. The Kier molecular flexibility index (Phi) is 6.15. The fraction of sp³-hybridized carbons (Fsp3) is 0.364. The van der Waals surface area contributed by atoms with Crippen molar-refractivity contribution in [2.24, 2.45) is 0 Å². The molecule has 0 unspecified atom stereocenters. The molecule has 1 aromatic rings. The molecule has 0 radical (unpaired) electrons. The van der Waals surface area contributed by atoms with Crippen molar-refractivity contribution in [1.29, 1.82) is 0 Å². The van der Waals surface area contributed by atoms with E-state index in [0.717, 1.165) is 0 Å². The Morgan fingerprint density at radius 3 is 2.30 bits per heavy atom. The minimum Gasteiger partial charge on any atom is -0.394 e. The predicted octanol–water partition coefficient (Wildman–Crippen LogP) is 0.909. The zero-order valence-electron chi connectivity index (χ0n) is 10.1. The molecule has 2 atom stereocenters. The molecule has 7 nitrogen and oxygen atoms in total. The third-order valence-corrected chi connectivity index (χ3v) is 2.95. The van der Waals surface area contributed by atoms with Gasteiger partial charge in [0.15, 0.2) is 4.84 Å². The number of hydrogen-bond donors (Lipinski definition) is 3. The Hall–Kier alpha value is -1.41. The highest BCUT2D eigenvalue weighted by Gasteiger charge is 2.24. The Bertz CT molecular complexity index is 480. The number of benzene rings is 1. The van der Waals surface area contributed by atoms with E-state index in [4.69, 9.17) is 28.3 Å². The standard InChI is InChI=1S/C11H12Cl2N2O5/c12-10(13)11(18)14-8(5-16)9(17)6-1-3-7(4-2-6)15(19)20/h1-4,8-10,16-17H,5H2,(H,14,18)/t8-,9-/m0/s1/i1+1,2+1,3+1,4+1,5+1,6+1,7+1,8+1,9+1,10+1,11+1. The van der Waals surface area contributed by atoms with Gasteiger partial charge in [0.25, 0.3) is 11.6 Å². The smallest absolute Gasteiger partial charge is 0.269 e. The second-order valence-corrected chi connectivity index (χ2v) is 4.99. The van der Waals surface area contributed by atoms with Gasteiger partial charge in [0.1, 0.15) is 6.10 Å². The molecule has 3 N–H and O–H groups in total. The van der Waals surface area contributed by atoms with Gasteiger partial charge in [0.05, 0.1) is 17.6 Å². The molecule has 9 heteroatoms. The summed E-state index contributed by atoms with van der Waals surface area (Å²) in [7, 11) is 0. The number of carbonyl (C=O) groups excluding carboxylic acids is 1. The van der Waals surface area contributed by atoms with Gasteiger partial charge < -0.3 is 15.5 Å². The van der Waals surface area contributed by atoms with Crippen LogP contribution in [0, 0.1) is 10.1 Å². The van der Waals surface area contributed by atoms with Crippen LogP contribution in [-0.2, 0) is 4.79 Å². The summed E-state index contributed by atoms with van der Waals surface area (Å²) in [6, 6.07) is 4.05. The molecule has 1 amide bonds. The molecule has 1 rings (SSSR count). The molecule has 0 saturated heterocycles. The van der Waals surface area contributed by atoms with Crippen molar-refractivity contribution in [1.82, 2.24) is 5.32 Å². The van der Waals surface area contributed by atoms with E-state index in [1.807, 2.05) is 0 Å². The average Bonchev–Trinajstić information content (AvgIpc) is 2.43. The van der Waals surface area contributed by atoms with Gasteiger partial charge in [0, 0.05) is 12.1 Å². The van der Waals surface area contributed by atoms with Crippen LogP contribution in [-0.4, -0.2) is 38.5 Å². The molecule has 0 fully saturated rings. The van der Waals surface area contributed by atoms with Gasteiger partial charge in [0.2, 0.25) is 0 Å². The summed E-state index contributed by atoms with van der Waals surface area (Å²) in [6.07, 6.45) is -1.25. The number of alkyl halides is 2. The first-order valence-electron chi connectivity index (χ1n) is 5.48. The van der Waals surface area contributed by atoms with Crippen molar-refractivity contribution in [2.45, 2.75) is 17.0 Å². The molecule has 0 heterocycles. The average molecular weight is 334 g/mol. The third-order valence-electron chi connectivity index (χ3n) is 2.55. The van der Waals surface area contributed by atoms with Crippen LogP contribution in [0.2, 0.25) is 0 Å². The Morgan fingerprint density at radius 2 is 1.90 bits per heavy atom. The van der Waals surface area contributed by atoms with E-state index in [0.29, 0.717) is 5.56 Å². The number of hydrogen-bond acceptors (Lipinski definition) is 5. The van der Waals surface area contributed by atoms with Crippen LogP contribution in [0.4, 0.5) is 5.69 Å². The van der Waals surface area contributed by atoms with Gasteiger partial charge in [-0.2, -0.15) is 0 Å². The Balaban J connectivity index is 2.82. The summed E-state index contributed by atoms with van der Waals surface area (Å²) in [5.74, 6) is -0.756. The van der Waals surface area contributed by atoms with E-state index in [-0.39, 0.29) is 5.69 Å². The van der Waals surface area contributed by atoms with Gasteiger partial charge in [-0.05, 0) is 17.7 Å². The lowest BCUT2D eigenvalue weighted by molar-refractivity contribution is -0.384. The highest BCUT2D eigenvalue weighted by atomic mass is 35.5. The van der Waals surface area contributed by atoms with E-state index >= 15 is 0 Å². The van der Waals surface area contributed by atoms with Crippen LogP contribution in [0.1, 0.15) is 11.7 Å². The maximum absolute atomic E-state index is 11.3. The largest absolute Gasteiger partial charge is 0.394 e. The maximum atomic E-state index is 11.3. The molecular formula is C11H12Cl2N2O5. The molecule has 110 valence electrons. The second-order valence-electron chi connectivity index (χ2n) is 3.89. The normalized spacial score (nSPS) is 13.8. The lowest BCUT2D eigenvalue weighted by Crippen LogP contribution is -2.44. The van der Waals surface area contributed by atoms with Crippen LogP contribution >= 0.6 is 23.2 Å². The summed E-state index contributed by atoms with van der Waals surface area (Å²) in [6.45, 7) is -0.551. The number of nitrogens with one attached hydrogen (secondary N) is 1. The van der Waals surface area contributed by atoms with Crippen molar-refractivity contribution < 1.29 is 19.9 Å². The van der Waals surface area contributed by atoms with Gasteiger partial charge in [-0.25, -0.2) is 0 Å². The van der Waals surface area contributed by atoms with Gasteiger partial charge in [-0.15, -0.1) is 0 Å². The minimum absolute atomic E-state index is 0.132. The third kappa shape index (κ3) is 4.31. The monoisotopic (exact) mass is 333 g/mol. The topological polar surface area (TPSA) is 113 Å². The highest BCUT2D eigenvalue weighted by Crippen LogP contribution is 2.20. The number of halogens is 2. The van der Waals surface area contributed by atoms with Crippen molar-refractivity contribution in [3.63, 3.8) is 0 Å². The molecule has 0 saturated carbocycles. The summed E-state index contributed by atoms with van der Waals surface area (Å²) in [5.41, 5.74) is 0.169. The predicted molar refractivity (Wildman–Crippen MR) is 72.6 cm³/mol. The SMILES string of the molecule is O=[13C](N[13C@@H]([13CH2]O)[13C@@H](O)[13c]1[13cH][13cH][13c]([N+](=O)[O-])[13cH][13cH]1)[13CH](Cl)Cl. The molecule has 20 heavy (non-hydrogen) atoms. The number of carbonyl (C=O) groups is 1. The summed E-state index contributed by atoms with van der Waals surface area (Å²) in [5, 5.41) is 31.9. The van der Waals surface area contributed by atoms with Gasteiger partial charge in [-0.1, -0.05) is 23.2 Å². The molecule has 0 aliphatic heterocycles. The molecule has 0 aliphatic rings. The van der Waals surface area contributed by atoms with E-state index in [1.165, 1.54) is 24.3 Å². The van der Waals surface area contributed by atoms with E-state index < -0.39 is 34.4 Å². The molecule has 1 aromatic carbocycles. The second kappa shape index (κ2) is 7.39. The van der Waals surface area contributed by atoms with Crippen LogP contribution in [0.25, 0.3) is 0 Å². The number of rotatable bonds is 6. The van der Waals surface area contributed by atoms with Gasteiger partial charge >= 0.3 is 0 Å². The number of amides is 1. The summed E-state index contributed by atoms with van der Waals surface area (Å²) >= 11 is 10.7. The fourth-order valence-electron chi connectivity index (χ4n) is 1.50. The number of nitro benzene ring substituents is 1. The molecule has 0 aromatic heterocycles. The molecule has 0 bridgehead atoms. The van der Waals surface area contributed by atoms with E-state index in [2.05, 4.69) is 5.32 Å². The highest BCUT2D eigenvalue weighted by molar-refractivity contribution is 6.53. The number of nitro groups is 1. The lowest BCUT2D eigenvalue weighted by Gasteiger charge is -2.22. The van der Waals surface area contributed by atoms with Crippen molar-refractivity contribution in [3.8, 4) is 0 Å². The Morgan fingerprint density at radius 1 is 1.35 bits per heavy atom. The van der Waals surface area contributed by atoms with Crippen LogP contribution in [0.3, 0.4) is 0 Å². The van der Waals surface area contributed by atoms with Crippen molar-refractivity contribution in [3.05, 3.63) is 39.9 Å². The van der Waals surface area contributed by atoms with Crippen molar-refractivity contribution >= 4 is 34.8 Å². The molecular weight excluding hydrogens is 322 g/mol. The quantitative estimate of drug-likeness (QED) is 0.310. The number of nitrogens with zero attached hydrogens (tertiary/aromatic N) is 1.